The number of hydrogen-bond acceptors (Lipinski definition) is 8. The summed E-state index contributed by atoms with van der Waals surface area (Å²) in [5.74, 6) is -0.716. The third-order valence-corrected chi connectivity index (χ3v) is 6.51. The van der Waals surface area contributed by atoms with Crippen molar-refractivity contribution in [2.24, 2.45) is 17.8 Å². The lowest BCUT2D eigenvalue weighted by molar-refractivity contribution is -0.235. The maximum absolute atomic E-state index is 12.4. The third kappa shape index (κ3) is 5.66. The Kier molecular flexibility index (Phi) is 7.42. The molecule has 0 radical (unpaired) electrons. The minimum absolute atomic E-state index is 0.178. The fraction of sp³-hybridized carbons (Fsp3) is 0.783. The van der Waals surface area contributed by atoms with E-state index >= 15 is 0 Å². The zero-order valence-corrected chi connectivity index (χ0v) is 18.9. The molecule has 0 spiro atoms. The highest BCUT2D eigenvalue weighted by Gasteiger charge is 2.58. The van der Waals surface area contributed by atoms with Crippen LogP contribution in [0.2, 0.25) is 0 Å². The van der Waals surface area contributed by atoms with Crippen molar-refractivity contribution < 1.29 is 38.1 Å². The normalized spacial score (nSPS) is 32.8. The van der Waals surface area contributed by atoms with Crippen LogP contribution in [0, 0.1) is 17.8 Å². The predicted octanol–water partition coefficient (Wildman–Crippen LogP) is 2.93. The zero-order chi connectivity index (χ0) is 22.8. The van der Waals surface area contributed by atoms with Crippen molar-refractivity contribution in [1.82, 2.24) is 0 Å². The first-order chi connectivity index (χ1) is 14.6. The van der Waals surface area contributed by atoms with Crippen molar-refractivity contribution in [3.05, 3.63) is 12.2 Å². The van der Waals surface area contributed by atoms with Crippen molar-refractivity contribution in [2.45, 2.75) is 83.9 Å². The molecule has 8 heteroatoms. The summed E-state index contributed by atoms with van der Waals surface area (Å²) in [6.45, 7) is 10.3. The van der Waals surface area contributed by atoms with Gasteiger partial charge in [-0.1, -0.05) is 6.58 Å². The summed E-state index contributed by atoms with van der Waals surface area (Å²) in [7, 11) is 0. The summed E-state index contributed by atoms with van der Waals surface area (Å²) < 4.78 is 27.5. The van der Waals surface area contributed by atoms with Gasteiger partial charge in [-0.15, -0.1) is 0 Å². The molecule has 8 nitrogen and oxygen atoms in total. The van der Waals surface area contributed by atoms with Crippen LogP contribution in [0.25, 0.3) is 0 Å². The lowest BCUT2D eigenvalue weighted by atomic mass is 9.53. The van der Waals surface area contributed by atoms with E-state index < -0.39 is 36.9 Å². The number of rotatable bonds is 10. The summed E-state index contributed by atoms with van der Waals surface area (Å²) in [6.07, 6.45) is 2.84. The van der Waals surface area contributed by atoms with E-state index in [1.165, 1.54) is 6.92 Å². The Morgan fingerprint density at radius 2 is 1.74 bits per heavy atom. The molecule has 4 rings (SSSR count). The van der Waals surface area contributed by atoms with Gasteiger partial charge in [0.15, 0.2) is 19.0 Å². The van der Waals surface area contributed by atoms with Gasteiger partial charge in [0, 0.05) is 12.2 Å². The van der Waals surface area contributed by atoms with Crippen LogP contribution >= 0.6 is 0 Å². The topological polar surface area (TPSA) is 97.4 Å². The van der Waals surface area contributed by atoms with Gasteiger partial charge in [0.05, 0.1) is 5.60 Å². The van der Waals surface area contributed by atoms with Crippen molar-refractivity contribution >= 4 is 17.9 Å². The smallest absolute Gasteiger partial charge is 0.344 e. The van der Waals surface area contributed by atoms with E-state index in [0.29, 0.717) is 12.5 Å². The van der Waals surface area contributed by atoms with E-state index in [2.05, 4.69) is 6.58 Å². The summed E-state index contributed by atoms with van der Waals surface area (Å²) >= 11 is 0. The average molecular weight is 439 g/mol. The fourth-order valence-electron chi connectivity index (χ4n) is 5.62. The second-order valence-corrected chi connectivity index (χ2v) is 9.18. The Morgan fingerprint density at radius 1 is 1.10 bits per heavy atom. The standard InChI is InChI=1S/C23H34O8/c1-6-27-15(5)29-22(26)14(4)31-23-9-16-7-17(10-23)20(18(8-16)11-23)30-19(24)12-28-21(25)13(2)3/h14-18,20H,2,6-12H2,1,3-5H3. The summed E-state index contributed by atoms with van der Waals surface area (Å²) in [5.41, 5.74) is -0.149. The molecule has 4 bridgehead atoms. The first-order valence-electron chi connectivity index (χ1n) is 11.1. The molecule has 0 aromatic rings. The van der Waals surface area contributed by atoms with E-state index in [4.69, 9.17) is 23.7 Å². The Bertz CT molecular complexity index is 700. The molecule has 0 saturated heterocycles. The molecule has 0 aliphatic heterocycles. The Hall–Kier alpha value is -1.93. The molecule has 0 N–H and O–H groups in total. The van der Waals surface area contributed by atoms with Gasteiger partial charge in [-0.2, -0.15) is 0 Å². The number of hydrogen-bond donors (Lipinski definition) is 0. The molecular weight excluding hydrogens is 404 g/mol. The Labute approximate surface area is 183 Å². The molecule has 4 aliphatic carbocycles. The fourth-order valence-corrected chi connectivity index (χ4v) is 5.62. The molecule has 0 aromatic carbocycles. The van der Waals surface area contributed by atoms with Gasteiger partial charge in [-0.3, -0.25) is 0 Å². The zero-order valence-electron chi connectivity index (χ0n) is 18.9. The molecule has 0 amide bonds. The second kappa shape index (κ2) is 9.69. The number of carbonyl (C=O) groups excluding carboxylic acids is 3. The first kappa shape index (κ1) is 23.7. The molecule has 4 fully saturated rings. The van der Waals surface area contributed by atoms with Gasteiger partial charge in [0.25, 0.3) is 0 Å². The van der Waals surface area contributed by atoms with Crippen molar-refractivity contribution in [3.63, 3.8) is 0 Å². The molecule has 4 saturated carbocycles. The van der Waals surface area contributed by atoms with Crippen LogP contribution < -0.4 is 0 Å². The monoisotopic (exact) mass is 438 g/mol. The largest absolute Gasteiger partial charge is 0.459 e. The van der Waals surface area contributed by atoms with Crippen LogP contribution in [0.5, 0.6) is 0 Å². The van der Waals surface area contributed by atoms with Gasteiger partial charge >= 0.3 is 17.9 Å². The number of ether oxygens (including phenoxy) is 5. The lowest BCUT2D eigenvalue weighted by Crippen LogP contribution is -2.60. The molecule has 0 aromatic heterocycles. The maximum Gasteiger partial charge on any atom is 0.344 e. The molecule has 174 valence electrons. The van der Waals surface area contributed by atoms with Crippen LogP contribution in [-0.2, 0) is 38.1 Å². The molecule has 4 atom stereocenters. The Balaban J connectivity index is 1.56. The average Bonchev–Trinajstić information content (AvgIpc) is 2.68. The highest BCUT2D eigenvalue weighted by Crippen LogP contribution is 2.58. The maximum atomic E-state index is 12.4. The van der Waals surface area contributed by atoms with Crippen molar-refractivity contribution in [2.75, 3.05) is 13.2 Å². The van der Waals surface area contributed by atoms with Crippen molar-refractivity contribution in [3.8, 4) is 0 Å². The summed E-state index contributed by atoms with van der Waals surface area (Å²) in [6, 6.07) is 0. The SMILES string of the molecule is C=C(C)C(=O)OCC(=O)OC1C2CC3CC1CC(OC(C)C(=O)OC(C)OCC)(C3)C2. The van der Waals surface area contributed by atoms with Crippen molar-refractivity contribution in [1.29, 1.82) is 0 Å². The van der Waals surface area contributed by atoms with Gasteiger partial charge in [-0.05, 0) is 77.6 Å². The van der Waals surface area contributed by atoms with Crippen LogP contribution in [0.1, 0.15) is 59.8 Å². The highest BCUT2D eigenvalue weighted by molar-refractivity contribution is 5.88. The van der Waals surface area contributed by atoms with Gasteiger partial charge < -0.3 is 23.7 Å². The third-order valence-electron chi connectivity index (χ3n) is 6.51. The molecule has 0 heterocycles. The summed E-state index contributed by atoms with van der Waals surface area (Å²) in [4.78, 5) is 36.1. The molecule has 4 unspecified atom stereocenters. The van der Waals surface area contributed by atoms with E-state index in [1.54, 1.807) is 13.8 Å². The second-order valence-electron chi connectivity index (χ2n) is 9.18. The van der Waals surface area contributed by atoms with E-state index in [0.717, 1.165) is 32.1 Å². The van der Waals surface area contributed by atoms with Gasteiger partial charge in [0.2, 0.25) is 0 Å². The molecule has 31 heavy (non-hydrogen) atoms. The van der Waals surface area contributed by atoms with E-state index in [-0.39, 0.29) is 29.1 Å². The highest BCUT2D eigenvalue weighted by atomic mass is 16.7. The van der Waals surface area contributed by atoms with E-state index in [1.807, 2.05) is 6.92 Å². The minimum atomic E-state index is -0.693. The van der Waals surface area contributed by atoms with E-state index in [9.17, 15) is 14.4 Å². The minimum Gasteiger partial charge on any atom is -0.459 e. The number of carbonyl (C=O) groups is 3. The van der Waals surface area contributed by atoms with Gasteiger partial charge in [-0.25, -0.2) is 14.4 Å². The van der Waals surface area contributed by atoms with Crippen LogP contribution in [0.3, 0.4) is 0 Å². The molecular formula is C23H34O8. The van der Waals surface area contributed by atoms with Gasteiger partial charge in [0.1, 0.15) is 6.10 Å². The van der Waals surface area contributed by atoms with Crippen LogP contribution in [0.4, 0.5) is 0 Å². The number of esters is 3. The predicted molar refractivity (Wildman–Crippen MR) is 110 cm³/mol. The first-order valence-corrected chi connectivity index (χ1v) is 11.1. The quantitative estimate of drug-likeness (QED) is 0.222. The molecule has 4 aliphatic rings. The summed E-state index contributed by atoms with van der Waals surface area (Å²) in [5, 5.41) is 0. The van der Waals surface area contributed by atoms with Crippen LogP contribution in [-0.4, -0.2) is 55.2 Å². The van der Waals surface area contributed by atoms with Crippen LogP contribution in [0.15, 0.2) is 12.2 Å². The Morgan fingerprint density at radius 3 is 2.32 bits per heavy atom. The lowest BCUT2D eigenvalue weighted by Gasteiger charge is -2.59.